The van der Waals surface area contributed by atoms with Crippen LogP contribution in [-0.4, -0.2) is 19.5 Å². The monoisotopic (exact) mass is 348 g/mol. The first-order valence-electron chi connectivity index (χ1n) is 8.04. The molecule has 0 bridgehead atoms. The highest BCUT2D eigenvalue weighted by atomic mass is 32.2. The summed E-state index contributed by atoms with van der Waals surface area (Å²) in [6, 6.07) is 10.3. The summed E-state index contributed by atoms with van der Waals surface area (Å²) in [6.45, 7) is 6.69. The van der Waals surface area contributed by atoms with Crippen molar-refractivity contribution in [2.24, 2.45) is 0 Å². The van der Waals surface area contributed by atoms with Crippen LogP contribution >= 0.6 is 0 Å². The lowest BCUT2D eigenvalue weighted by Crippen LogP contribution is -2.26. The van der Waals surface area contributed by atoms with Gasteiger partial charge >= 0.3 is 0 Å². The Morgan fingerprint density at radius 3 is 2.42 bits per heavy atom. The van der Waals surface area contributed by atoms with E-state index in [0.29, 0.717) is 24.4 Å². The summed E-state index contributed by atoms with van der Waals surface area (Å²) in [5, 5.41) is 0. The number of benzene rings is 1. The molecule has 0 aliphatic heterocycles. The number of hydrogen-bond acceptors (Lipinski definition) is 3. The lowest BCUT2D eigenvalue weighted by atomic mass is 10.1. The van der Waals surface area contributed by atoms with Crippen molar-refractivity contribution in [3.05, 3.63) is 63.6 Å². The predicted molar refractivity (Wildman–Crippen MR) is 95.8 cm³/mol. The zero-order valence-corrected chi connectivity index (χ0v) is 15.2. The topological polar surface area (TPSA) is 68.2 Å². The van der Waals surface area contributed by atoms with E-state index in [1.54, 1.807) is 22.8 Å². The van der Waals surface area contributed by atoms with Gasteiger partial charge in [-0.15, -0.1) is 0 Å². The van der Waals surface area contributed by atoms with E-state index in [2.05, 4.69) is 4.72 Å². The molecular formula is C18H24N2O3S. The van der Waals surface area contributed by atoms with E-state index in [9.17, 15) is 13.2 Å². The molecule has 1 heterocycles. The smallest absolute Gasteiger partial charge is 0.250 e. The third-order valence-electron chi connectivity index (χ3n) is 4.16. The highest BCUT2D eigenvalue weighted by Crippen LogP contribution is 2.14. The number of nitrogens with zero attached hydrogens (tertiary/aromatic N) is 1. The lowest BCUT2D eigenvalue weighted by Gasteiger charge is -2.10. The van der Waals surface area contributed by atoms with Gasteiger partial charge in [0.25, 0.3) is 5.56 Å². The molecule has 24 heavy (non-hydrogen) atoms. The molecule has 5 nitrogen and oxygen atoms in total. The van der Waals surface area contributed by atoms with Crippen LogP contribution in [0.1, 0.15) is 29.7 Å². The van der Waals surface area contributed by atoms with E-state index in [1.807, 2.05) is 32.9 Å². The molecule has 0 spiro atoms. The fourth-order valence-electron chi connectivity index (χ4n) is 2.48. The van der Waals surface area contributed by atoms with Crippen LogP contribution in [-0.2, 0) is 16.6 Å². The maximum Gasteiger partial charge on any atom is 0.250 e. The molecule has 0 radical (unpaired) electrons. The van der Waals surface area contributed by atoms with Gasteiger partial charge in [-0.05, 0) is 62.9 Å². The van der Waals surface area contributed by atoms with Gasteiger partial charge in [-0.25, -0.2) is 13.1 Å². The van der Waals surface area contributed by atoms with Crippen molar-refractivity contribution in [1.82, 2.24) is 9.29 Å². The van der Waals surface area contributed by atoms with Gasteiger partial charge in [-0.2, -0.15) is 0 Å². The second-order valence-corrected chi connectivity index (χ2v) is 7.77. The molecule has 0 aliphatic carbocycles. The highest BCUT2D eigenvalue weighted by molar-refractivity contribution is 7.89. The Labute approximate surface area is 143 Å². The zero-order chi connectivity index (χ0) is 17.7. The summed E-state index contributed by atoms with van der Waals surface area (Å²) in [5.74, 6) is 0. The highest BCUT2D eigenvalue weighted by Gasteiger charge is 2.13. The number of sulfonamides is 1. The molecule has 1 aromatic carbocycles. The van der Waals surface area contributed by atoms with Gasteiger partial charge in [0, 0.05) is 24.8 Å². The number of rotatable bonds is 7. The maximum absolute atomic E-state index is 12.3. The molecule has 130 valence electrons. The molecule has 0 saturated carbocycles. The molecule has 0 aliphatic rings. The molecule has 1 aromatic heterocycles. The fourth-order valence-corrected chi connectivity index (χ4v) is 3.63. The molecule has 6 heteroatoms. The number of aromatic nitrogens is 1. The first-order valence-corrected chi connectivity index (χ1v) is 9.53. The summed E-state index contributed by atoms with van der Waals surface area (Å²) in [7, 11) is -3.48. The molecular weight excluding hydrogens is 324 g/mol. The van der Waals surface area contributed by atoms with Gasteiger partial charge in [0.2, 0.25) is 10.0 Å². The van der Waals surface area contributed by atoms with Gasteiger partial charge in [0.05, 0.1) is 4.90 Å². The van der Waals surface area contributed by atoms with Crippen LogP contribution in [0.4, 0.5) is 0 Å². The van der Waals surface area contributed by atoms with E-state index in [-0.39, 0.29) is 5.56 Å². The van der Waals surface area contributed by atoms with Crippen LogP contribution in [0.5, 0.6) is 0 Å². The maximum atomic E-state index is 12.3. The van der Waals surface area contributed by atoms with E-state index in [1.165, 1.54) is 6.07 Å². The minimum Gasteiger partial charge on any atom is -0.313 e. The largest absolute Gasteiger partial charge is 0.313 e. The molecule has 0 saturated heterocycles. The number of nitrogens with one attached hydrogen (secondary N) is 1. The SMILES string of the molecule is Cc1ccc(S(=O)(=O)NCCCCn2c(C)cccc2=O)cc1C. The van der Waals surface area contributed by atoms with Crippen LogP contribution in [0.15, 0.2) is 46.1 Å². The van der Waals surface area contributed by atoms with E-state index in [0.717, 1.165) is 23.2 Å². The second kappa shape index (κ2) is 7.77. The van der Waals surface area contributed by atoms with Crippen molar-refractivity contribution < 1.29 is 8.42 Å². The molecule has 0 unspecified atom stereocenters. The minimum absolute atomic E-state index is 0.0225. The Balaban J connectivity index is 1.87. The van der Waals surface area contributed by atoms with Crippen molar-refractivity contribution in [3.63, 3.8) is 0 Å². The molecule has 0 fully saturated rings. The van der Waals surface area contributed by atoms with Crippen molar-refractivity contribution in [2.75, 3.05) is 6.54 Å². The summed E-state index contributed by atoms with van der Waals surface area (Å²) < 4.78 is 28.9. The number of pyridine rings is 1. The normalized spacial score (nSPS) is 11.6. The third kappa shape index (κ3) is 4.55. The lowest BCUT2D eigenvalue weighted by molar-refractivity contribution is 0.557. The van der Waals surface area contributed by atoms with Gasteiger partial charge in [-0.3, -0.25) is 4.79 Å². The zero-order valence-electron chi connectivity index (χ0n) is 14.4. The van der Waals surface area contributed by atoms with Crippen LogP contribution in [0.2, 0.25) is 0 Å². The van der Waals surface area contributed by atoms with E-state index >= 15 is 0 Å². The van der Waals surface area contributed by atoms with E-state index in [4.69, 9.17) is 0 Å². The standard InChI is InChI=1S/C18H24N2O3S/c1-14-9-10-17(13-15(14)2)24(22,23)19-11-4-5-12-20-16(3)7-6-8-18(20)21/h6-10,13,19H,4-5,11-12H2,1-3H3. The Morgan fingerprint density at radius 2 is 1.75 bits per heavy atom. The van der Waals surface area contributed by atoms with Gasteiger partial charge in [0.15, 0.2) is 0 Å². The molecule has 2 rings (SSSR count). The van der Waals surface area contributed by atoms with Gasteiger partial charge < -0.3 is 4.57 Å². The average Bonchev–Trinajstić information content (AvgIpc) is 2.52. The quantitative estimate of drug-likeness (QED) is 0.782. The molecule has 0 atom stereocenters. The summed E-state index contributed by atoms with van der Waals surface area (Å²) >= 11 is 0. The predicted octanol–water partition coefficient (Wildman–Crippen LogP) is 2.53. The first-order chi connectivity index (χ1) is 11.3. The Hall–Kier alpha value is -1.92. The van der Waals surface area contributed by atoms with Crippen molar-refractivity contribution in [3.8, 4) is 0 Å². The van der Waals surface area contributed by atoms with Crippen molar-refractivity contribution >= 4 is 10.0 Å². The Kier molecular flexibility index (Phi) is 5.96. The Bertz CT molecular complexity index is 870. The third-order valence-corrected chi connectivity index (χ3v) is 5.62. The number of unbranched alkanes of at least 4 members (excludes halogenated alkanes) is 1. The second-order valence-electron chi connectivity index (χ2n) is 6.01. The van der Waals surface area contributed by atoms with Crippen LogP contribution in [0.3, 0.4) is 0 Å². The fraction of sp³-hybridized carbons (Fsp3) is 0.389. The number of hydrogen-bond donors (Lipinski definition) is 1. The van der Waals surface area contributed by atoms with Gasteiger partial charge in [0.1, 0.15) is 0 Å². The van der Waals surface area contributed by atoms with Crippen LogP contribution < -0.4 is 10.3 Å². The molecule has 2 aromatic rings. The summed E-state index contributed by atoms with van der Waals surface area (Å²) in [4.78, 5) is 12.1. The van der Waals surface area contributed by atoms with Crippen LogP contribution in [0, 0.1) is 20.8 Å². The summed E-state index contributed by atoms with van der Waals surface area (Å²) in [6.07, 6.45) is 1.41. The average molecular weight is 348 g/mol. The van der Waals surface area contributed by atoms with Gasteiger partial charge in [-0.1, -0.05) is 12.1 Å². The molecule has 1 N–H and O–H groups in total. The number of aryl methyl sites for hydroxylation is 3. The van der Waals surface area contributed by atoms with Crippen molar-refractivity contribution in [2.45, 2.75) is 45.1 Å². The molecule has 0 amide bonds. The first kappa shape index (κ1) is 18.4. The minimum atomic E-state index is -3.48. The Morgan fingerprint density at radius 1 is 1.00 bits per heavy atom. The van der Waals surface area contributed by atoms with E-state index < -0.39 is 10.0 Å². The summed E-state index contributed by atoms with van der Waals surface area (Å²) in [5.41, 5.74) is 2.92. The van der Waals surface area contributed by atoms with Crippen molar-refractivity contribution in [1.29, 1.82) is 0 Å². The van der Waals surface area contributed by atoms with Crippen LogP contribution in [0.25, 0.3) is 0 Å².